The van der Waals surface area contributed by atoms with Crippen molar-refractivity contribution in [3.05, 3.63) is 78.0 Å². The molecule has 106 valence electrons. The average molecular weight is 278 g/mol. The molecule has 0 bridgehead atoms. The fourth-order valence-electron chi connectivity index (χ4n) is 2.60. The second-order valence-corrected chi connectivity index (χ2v) is 5.14. The van der Waals surface area contributed by atoms with Gasteiger partial charge in [0.2, 0.25) is 0 Å². The van der Waals surface area contributed by atoms with Gasteiger partial charge in [-0.05, 0) is 5.56 Å². The van der Waals surface area contributed by atoms with E-state index in [-0.39, 0.29) is 0 Å². The first-order valence-electron chi connectivity index (χ1n) is 7.05. The van der Waals surface area contributed by atoms with Crippen molar-refractivity contribution < 1.29 is 5.11 Å². The largest absolute Gasteiger partial charge is 0.388 e. The lowest BCUT2D eigenvalue weighted by atomic mass is 9.99. The van der Waals surface area contributed by atoms with Crippen LogP contribution in [0.15, 0.2) is 66.9 Å². The SMILES string of the molecule is Cn1ncc(C(O)Cc2ccccc2)c1-c1ccccc1. The smallest absolute Gasteiger partial charge is 0.0867 e. The van der Waals surface area contributed by atoms with E-state index in [2.05, 4.69) is 5.10 Å². The van der Waals surface area contributed by atoms with Crippen LogP contribution in [0.4, 0.5) is 0 Å². The molecule has 0 amide bonds. The molecule has 1 heterocycles. The summed E-state index contributed by atoms with van der Waals surface area (Å²) in [6.07, 6.45) is 1.79. The van der Waals surface area contributed by atoms with Gasteiger partial charge in [-0.2, -0.15) is 5.10 Å². The van der Waals surface area contributed by atoms with E-state index in [0.29, 0.717) is 6.42 Å². The fourth-order valence-corrected chi connectivity index (χ4v) is 2.60. The van der Waals surface area contributed by atoms with Crippen LogP contribution in [-0.2, 0) is 13.5 Å². The monoisotopic (exact) mass is 278 g/mol. The van der Waals surface area contributed by atoms with Gasteiger partial charge in [0.1, 0.15) is 0 Å². The van der Waals surface area contributed by atoms with Crippen molar-refractivity contribution in [2.75, 3.05) is 0 Å². The first-order valence-corrected chi connectivity index (χ1v) is 7.05. The summed E-state index contributed by atoms with van der Waals surface area (Å²) >= 11 is 0. The molecule has 1 aromatic heterocycles. The van der Waals surface area contributed by atoms with Crippen LogP contribution in [0.1, 0.15) is 17.2 Å². The van der Waals surface area contributed by atoms with E-state index in [1.807, 2.05) is 72.4 Å². The van der Waals surface area contributed by atoms with Gasteiger partial charge in [0.25, 0.3) is 0 Å². The standard InChI is InChI=1S/C18H18N2O/c1-20-18(15-10-6-3-7-11-15)16(13-19-20)17(21)12-14-8-4-2-5-9-14/h2-11,13,17,21H,12H2,1H3. The van der Waals surface area contributed by atoms with Crippen LogP contribution in [0.3, 0.4) is 0 Å². The molecule has 0 saturated carbocycles. The molecule has 3 heteroatoms. The lowest BCUT2D eigenvalue weighted by Gasteiger charge is -2.12. The fraction of sp³-hybridized carbons (Fsp3) is 0.167. The quantitative estimate of drug-likeness (QED) is 0.794. The normalized spacial score (nSPS) is 12.3. The van der Waals surface area contributed by atoms with E-state index in [0.717, 1.165) is 22.4 Å². The molecule has 0 aliphatic carbocycles. The molecule has 1 N–H and O–H groups in total. The Morgan fingerprint density at radius 2 is 1.62 bits per heavy atom. The maximum absolute atomic E-state index is 10.6. The summed E-state index contributed by atoms with van der Waals surface area (Å²) in [6.45, 7) is 0. The first-order chi connectivity index (χ1) is 10.3. The summed E-state index contributed by atoms with van der Waals surface area (Å²) in [4.78, 5) is 0. The molecule has 1 atom stereocenters. The molecule has 3 rings (SSSR count). The maximum Gasteiger partial charge on any atom is 0.0867 e. The third-order valence-electron chi connectivity index (χ3n) is 3.65. The molecule has 0 aliphatic heterocycles. The number of aliphatic hydroxyl groups excluding tert-OH is 1. The minimum atomic E-state index is -0.559. The second-order valence-electron chi connectivity index (χ2n) is 5.14. The van der Waals surface area contributed by atoms with E-state index < -0.39 is 6.10 Å². The van der Waals surface area contributed by atoms with Gasteiger partial charge in [0.05, 0.1) is 18.0 Å². The van der Waals surface area contributed by atoms with Crippen molar-refractivity contribution in [1.82, 2.24) is 9.78 Å². The van der Waals surface area contributed by atoms with Crippen molar-refractivity contribution in [2.45, 2.75) is 12.5 Å². The highest BCUT2D eigenvalue weighted by atomic mass is 16.3. The molecular weight excluding hydrogens is 260 g/mol. The van der Waals surface area contributed by atoms with Gasteiger partial charge in [0, 0.05) is 24.6 Å². The first kappa shape index (κ1) is 13.6. The Hall–Kier alpha value is -2.39. The lowest BCUT2D eigenvalue weighted by molar-refractivity contribution is 0.179. The molecule has 2 aromatic carbocycles. The predicted octanol–water partition coefficient (Wildman–Crippen LogP) is 3.36. The zero-order chi connectivity index (χ0) is 14.7. The highest BCUT2D eigenvalue weighted by Gasteiger charge is 2.18. The molecule has 0 saturated heterocycles. The number of benzene rings is 2. The summed E-state index contributed by atoms with van der Waals surface area (Å²) in [5, 5.41) is 14.9. The zero-order valence-corrected chi connectivity index (χ0v) is 12.0. The number of aryl methyl sites for hydroxylation is 1. The van der Waals surface area contributed by atoms with Crippen molar-refractivity contribution in [3.8, 4) is 11.3 Å². The van der Waals surface area contributed by atoms with Crippen molar-refractivity contribution in [2.24, 2.45) is 7.05 Å². The van der Waals surface area contributed by atoms with Crippen molar-refractivity contribution >= 4 is 0 Å². The molecule has 3 nitrogen and oxygen atoms in total. The minimum Gasteiger partial charge on any atom is -0.388 e. The molecule has 0 fully saturated rings. The number of hydrogen-bond donors (Lipinski definition) is 1. The van der Waals surface area contributed by atoms with Crippen LogP contribution in [0.5, 0.6) is 0 Å². The lowest BCUT2D eigenvalue weighted by Crippen LogP contribution is -2.04. The second kappa shape index (κ2) is 5.94. The van der Waals surface area contributed by atoms with E-state index in [9.17, 15) is 5.11 Å². The van der Waals surface area contributed by atoms with Gasteiger partial charge in [-0.1, -0.05) is 60.7 Å². The van der Waals surface area contributed by atoms with Crippen LogP contribution in [0, 0.1) is 0 Å². The van der Waals surface area contributed by atoms with E-state index >= 15 is 0 Å². The number of aromatic nitrogens is 2. The molecule has 1 unspecified atom stereocenters. The number of rotatable bonds is 4. The number of hydrogen-bond acceptors (Lipinski definition) is 2. The predicted molar refractivity (Wildman–Crippen MR) is 83.7 cm³/mol. The van der Waals surface area contributed by atoms with Gasteiger partial charge >= 0.3 is 0 Å². The molecular formula is C18H18N2O. The van der Waals surface area contributed by atoms with Crippen LogP contribution in [-0.4, -0.2) is 14.9 Å². The van der Waals surface area contributed by atoms with Crippen LogP contribution in [0.2, 0.25) is 0 Å². The molecule has 0 spiro atoms. The van der Waals surface area contributed by atoms with Gasteiger partial charge < -0.3 is 5.11 Å². The summed E-state index contributed by atoms with van der Waals surface area (Å²) in [5.74, 6) is 0. The Morgan fingerprint density at radius 1 is 1.00 bits per heavy atom. The van der Waals surface area contributed by atoms with Gasteiger partial charge in [-0.25, -0.2) is 0 Å². The molecule has 3 aromatic rings. The Kier molecular flexibility index (Phi) is 3.84. The number of nitrogens with zero attached hydrogens (tertiary/aromatic N) is 2. The summed E-state index contributed by atoms with van der Waals surface area (Å²) in [6, 6.07) is 20.1. The maximum atomic E-state index is 10.6. The highest BCUT2D eigenvalue weighted by molar-refractivity contribution is 5.63. The minimum absolute atomic E-state index is 0.559. The zero-order valence-electron chi connectivity index (χ0n) is 12.0. The topological polar surface area (TPSA) is 38.0 Å². The average Bonchev–Trinajstić information content (AvgIpc) is 2.91. The van der Waals surface area contributed by atoms with Gasteiger partial charge in [-0.15, -0.1) is 0 Å². The Bertz CT molecular complexity index is 705. The summed E-state index contributed by atoms with van der Waals surface area (Å²) < 4.78 is 1.82. The Balaban J connectivity index is 1.93. The summed E-state index contributed by atoms with van der Waals surface area (Å²) in [5.41, 5.74) is 4.03. The molecule has 21 heavy (non-hydrogen) atoms. The molecule has 0 aliphatic rings. The third kappa shape index (κ3) is 2.88. The summed E-state index contributed by atoms with van der Waals surface area (Å²) in [7, 11) is 1.90. The Labute approximate surface area is 124 Å². The van der Waals surface area contributed by atoms with Gasteiger partial charge in [0.15, 0.2) is 0 Å². The van der Waals surface area contributed by atoms with Crippen LogP contribution >= 0.6 is 0 Å². The van der Waals surface area contributed by atoms with Crippen molar-refractivity contribution in [3.63, 3.8) is 0 Å². The van der Waals surface area contributed by atoms with E-state index in [4.69, 9.17) is 0 Å². The number of aliphatic hydroxyl groups is 1. The van der Waals surface area contributed by atoms with E-state index in [1.54, 1.807) is 6.20 Å². The van der Waals surface area contributed by atoms with Crippen molar-refractivity contribution in [1.29, 1.82) is 0 Å². The molecule has 0 radical (unpaired) electrons. The van der Waals surface area contributed by atoms with Crippen LogP contribution < -0.4 is 0 Å². The van der Waals surface area contributed by atoms with Crippen LogP contribution in [0.25, 0.3) is 11.3 Å². The third-order valence-corrected chi connectivity index (χ3v) is 3.65. The van der Waals surface area contributed by atoms with Gasteiger partial charge in [-0.3, -0.25) is 4.68 Å². The van der Waals surface area contributed by atoms with E-state index in [1.165, 1.54) is 0 Å². The highest BCUT2D eigenvalue weighted by Crippen LogP contribution is 2.29. The Morgan fingerprint density at radius 3 is 2.29 bits per heavy atom.